The van der Waals surface area contributed by atoms with Gasteiger partial charge in [-0.1, -0.05) is 50.3 Å². The van der Waals surface area contributed by atoms with Crippen LogP contribution >= 0.6 is 0 Å². The van der Waals surface area contributed by atoms with Crippen LogP contribution in [0.3, 0.4) is 0 Å². The maximum absolute atomic E-state index is 2.38. The molecule has 1 aliphatic rings. The molecule has 0 unspecified atom stereocenters. The Hall–Kier alpha value is -1.28. The Labute approximate surface area is 98.1 Å². The molecule has 0 saturated carbocycles. The summed E-state index contributed by atoms with van der Waals surface area (Å²) >= 11 is 0. The summed E-state index contributed by atoms with van der Waals surface area (Å²) < 4.78 is 0. The van der Waals surface area contributed by atoms with Crippen molar-refractivity contribution in [3.05, 3.63) is 48.2 Å². The first-order valence-electron chi connectivity index (χ1n) is 5.98. The summed E-state index contributed by atoms with van der Waals surface area (Å²) in [6.07, 6.45) is 4.42. The molecular weight excluding hydrogens is 196 g/mol. The molecule has 86 valence electrons. The quantitative estimate of drug-likeness (QED) is 0.763. The third kappa shape index (κ3) is 2.86. The highest BCUT2D eigenvalue weighted by atomic mass is 15.6. The van der Waals surface area contributed by atoms with E-state index in [1.807, 2.05) is 0 Å². The summed E-state index contributed by atoms with van der Waals surface area (Å²) in [6, 6.07) is 10.6. The van der Waals surface area contributed by atoms with Gasteiger partial charge in [-0.2, -0.15) is 0 Å². The van der Waals surface area contributed by atoms with E-state index < -0.39 is 0 Å². The van der Waals surface area contributed by atoms with E-state index >= 15 is 0 Å². The smallest absolute Gasteiger partial charge is 0.0435 e. The Morgan fingerprint density at radius 3 is 2.62 bits per heavy atom. The van der Waals surface area contributed by atoms with Gasteiger partial charge in [-0.3, -0.25) is 0 Å². The lowest BCUT2D eigenvalue weighted by molar-refractivity contribution is 0.0329. The van der Waals surface area contributed by atoms with Crippen molar-refractivity contribution in [2.75, 3.05) is 13.1 Å². The van der Waals surface area contributed by atoms with Crippen molar-refractivity contribution in [2.45, 2.75) is 20.4 Å². The van der Waals surface area contributed by atoms with E-state index in [0.717, 1.165) is 19.6 Å². The highest BCUT2D eigenvalue weighted by Crippen LogP contribution is 2.14. The summed E-state index contributed by atoms with van der Waals surface area (Å²) in [5, 5.41) is 4.72. The zero-order valence-electron chi connectivity index (χ0n) is 10.1. The van der Waals surface area contributed by atoms with E-state index in [1.165, 1.54) is 5.56 Å². The van der Waals surface area contributed by atoms with Crippen LogP contribution in [0.1, 0.15) is 19.4 Å². The Bertz CT molecular complexity index is 343. The lowest BCUT2D eigenvalue weighted by Crippen LogP contribution is -2.36. The zero-order valence-corrected chi connectivity index (χ0v) is 10.1. The molecule has 16 heavy (non-hydrogen) atoms. The number of rotatable bonds is 4. The predicted octanol–water partition coefficient (Wildman–Crippen LogP) is 2.89. The first-order chi connectivity index (χ1) is 7.75. The van der Waals surface area contributed by atoms with Crippen LogP contribution < -0.4 is 0 Å². The van der Waals surface area contributed by atoms with E-state index in [-0.39, 0.29) is 0 Å². The molecular formula is C14H20N2. The molecule has 1 aliphatic heterocycles. The number of benzene rings is 1. The van der Waals surface area contributed by atoms with Crippen molar-refractivity contribution in [3.63, 3.8) is 0 Å². The molecule has 2 rings (SSSR count). The van der Waals surface area contributed by atoms with Gasteiger partial charge in [0.25, 0.3) is 0 Å². The van der Waals surface area contributed by atoms with Crippen molar-refractivity contribution in [2.24, 2.45) is 5.92 Å². The monoisotopic (exact) mass is 216 g/mol. The molecule has 2 heteroatoms. The molecule has 0 fully saturated rings. The van der Waals surface area contributed by atoms with Gasteiger partial charge in [-0.05, 0) is 11.5 Å². The summed E-state index contributed by atoms with van der Waals surface area (Å²) in [7, 11) is 0. The second-order valence-electron chi connectivity index (χ2n) is 4.73. The van der Waals surface area contributed by atoms with Crippen LogP contribution in [0.25, 0.3) is 0 Å². The van der Waals surface area contributed by atoms with E-state index in [0.29, 0.717) is 5.92 Å². The molecule has 0 atom stereocenters. The molecule has 0 radical (unpaired) electrons. The van der Waals surface area contributed by atoms with Crippen LogP contribution in [0.15, 0.2) is 42.6 Å². The van der Waals surface area contributed by atoms with E-state index in [1.54, 1.807) is 0 Å². The first kappa shape index (κ1) is 11.2. The number of hydrazine groups is 1. The van der Waals surface area contributed by atoms with Gasteiger partial charge >= 0.3 is 0 Å². The summed E-state index contributed by atoms with van der Waals surface area (Å²) in [6.45, 7) is 7.64. The highest BCUT2D eigenvalue weighted by Gasteiger charge is 2.16. The molecule has 0 amide bonds. The predicted molar refractivity (Wildman–Crippen MR) is 67.5 cm³/mol. The molecule has 0 spiro atoms. The molecule has 1 aromatic carbocycles. The molecule has 1 heterocycles. The third-order valence-electron chi connectivity index (χ3n) is 2.72. The molecule has 0 aliphatic carbocycles. The number of hydrogen-bond acceptors (Lipinski definition) is 2. The second kappa shape index (κ2) is 5.17. The van der Waals surface area contributed by atoms with Gasteiger partial charge < -0.3 is 5.01 Å². The van der Waals surface area contributed by atoms with Gasteiger partial charge in [0.1, 0.15) is 0 Å². The van der Waals surface area contributed by atoms with Crippen LogP contribution in [0.4, 0.5) is 0 Å². The zero-order chi connectivity index (χ0) is 11.4. The fraction of sp³-hybridized carbons (Fsp3) is 0.429. The Morgan fingerprint density at radius 2 is 1.94 bits per heavy atom. The minimum Gasteiger partial charge on any atom is -0.312 e. The normalized spacial score (nSPS) is 16.3. The largest absolute Gasteiger partial charge is 0.312 e. The fourth-order valence-corrected chi connectivity index (χ4v) is 1.99. The van der Waals surface area contributed by atoms with Crippen molar-refractivity contribution in [3.8, 4) is 0 Å². The van der Waals surface area contributed by atoms with Gasteiger partial charge in [0.2, 0.25) is 0 Å². The van der Waals surface area contributed by atoms with Crippen molar-refractivity contribution in [1.29, 1.82) is 0 Å². The van der Waals surface area contributed by atoms with Gasteiger partial charge in [0.05, 0.1) is 0 Å². The van der Waals surface area contributed by atoms with Crippen LogP contribution in [0.2, 0.25) is 0 Å². The van der Waals surface area contributed by atoms with Crippen molar-refractivity contribution < 1.29 is 0 Å². The van der Waals surface area contributed by atoms with Crippen LogP contribution in [0, 0.1) is 5.92 Å². The van der Waals surface area contributed by atoms with Crippen LogP contribution in [0.5, 0.6) is 0 Å². The average Bonchev–Trinajstić information content (AvgIpc) is 2.66. The number of hydrogen-bond donors (Lipinski definition) is 0. The summed E-state index contributed by atoms with van der Waals surface area (Å²) in [5.74, 6) is 0.695. The van der Waals surface area contributed by atoms with E-state index in [9.17, 15) is 0 Å². The molecule has 1 aromatic rings. The third-order valence-corrected chi connectivity index (χ3v) is 2.72. The Kier molecular flexibility index (Phi) is 3.62. The standard InChI is InChI=1S/C14H20N2/c1-13(2)11-15-9-6-10-16(15)12-14-7-4-3-5-8-14/h3-9,13H,10-12H2,1-2H3. The number of nitrogens with zero attached hydrogens (tertiary/aromatic N) is 2. The van der Waals surface area contributed by atoms with Crippen molar-refractivity contribution >= 4 is 0 Å². The van der Waals surface area contributed by atoms with Gasteiger partial charge in [-0.25, -0.2) is 5.01 Å². The lowest BCUT2D eigenvalue weighted by atomic mass is 10.2. The second-order valence-corrected chi connectivity index (χ2v) is 4.73. The lowest BCUT2D eigenvalue weighted by Gasteiger charge is -2.30. The summed E-state index contributed by atoms with van der Waals surface area (Å²) in [5.41, 5.74) is 1.37. The SMILES string of the molecule is CC(C)CN1C=CCN1Cc1ccccc1. The van der Waals surface area contributed by atoms with Crippen LogP contribution in [-0.4, -0.2) is 23.1 Å². The fourth-order valence-electron chi connectivity index (χ4n) is 1.99. The molecule has 0 aromatic heterocycles. The van der Waals surface area contributed by atoms with Crippen LogP contribution in [-0.2, 0) is 6.54 Å². The first-order valence-corrected chi connectivity index (χ1v) is 5.98. The topological polar surface area (TPSA) is 6.48 Å². The van der Waals surface area contributed by atoms with Gasteiger partial charge in [0.15, 0.2) is 0 Å². The van der Waals surface area contributed by atoms with E-state index in [4.69, 9.17) is 0 Å². The maximum atomic E-state index is 2.38. The minimum atomic E-state index is 0.695. The minimum absolute atomic E-state index is 0.695. The molecule has 2 nitrogen and oxygen atoms in total. The molecule has 0 saturated heterocycles. The highest BCUT2D eigenvalue weighted by molar-refractivity contribution is 5.14. The Balaban J connectivity index is 1.95. The van der Waals surface area contributed by atoms with Crippen molar-refractivity contribution in [1.82, 2.24) is 10.0 Å². The Morgan fingerprint density at radius 1 is 1.19 bits per heavy atom. The summed E-state index contributed by atoms with van der Waals surface area (Å²) in [4.78, 5) is 0. The van der Waals surface area contributed by atoms with E-state index in [2.05, 4.69) is 66.5 Å². The average molecular weight is 216 g/mol. The van der Waals surface area contributed by atoms with Gasteiger partial charge in [-0.15, -0.1) is 0 Å². The maximum Gasteiger partial charge on any atom is 0.0435 e. The molecule has 0 bridgehead atoms. The van der Waals surface area contributed by atoms with Gasteiger partial charge in [0, 0.05) is 25.8 Å². The molecule has 0 N–H and O–H groups in total.